The fourth-order valence-corrected chi connectivity index (χ4v) is 3.13. The van der Waals surface area contributed by atoms with Gasteiger partial charge in [0, 0.05) is 10.1 Å². The topological polar surface area (TPSA) is 95.1 Å². The number of nitrogens with one attached hydrogen (secondary N) is 2. The Labute approximate surface area is 105 Å². The second-order valence-electron chi connectivity index (χ2n) is 4.19. The lowest BCUT2D eigenvalue weighted by Crippen LogP contribution is -2.08. The molecule has 3 N–H and O–H groups in total. The van der Waals surface area contributed by atoms with Gasteiger partial charge in [-0.15, -0.1) is 0 Å². The van der Waals surface area contributed by atoms with Gasteiger partial charge in [0.15, 0.2) is 0 Å². The summed E-state index contributed by atoms with van der Waals surface area (Å²) < 4.78 is 12.0. The molecule has 1 aliphatic carbocycles. The number of anilines is 1. The van der Waals surface area contributed by atoms with Crippen LogP contribution in [0.4, 0.5) is 10.7 Å². The summed E-state index contributed by atoms with van der Waals surface area (Å²) in [7, 11) is -0.966. The van der Waals surface area contributed by atoms with E-state index in [0.29, 0.717) is 11.0 Å². The highest BCUT2D eigenvalue weighted by Crippen LogP contribution is 2.31. The first kappa shape index (κ1) is 11.2. The number of aromatic nitrogens is 2. The monoisotopic (exact) mass is 265 g/mol. The number of imidazole rings is 1. The second-order valence-corrected chi connectivity index (χ2v) is 5.92. The predicted molar refractivity (Wildman–Crippen MR) is 67.2 cm³/mol. The van der Waals surface area contributed by atoms with Crippen molar-refractivity contribution in [3.63, 3.8) is 0 Å². The lowest BCUT2D eigenvalue weighted by molar-refractivity contribution is 0.209. The van der Waals surface area contributed by atoms with E-state index < -0.39 is 16.9 Å². The summed E-state index contributed by atoms with van der Waals surface area (Å²) in [6.45, 7) is 0. The summed E-state index contributed by atoms with van der Waals surface area (Å²) in [5, 5.41) is 11.0. The minimum Gasteiger partial charge on any atom is -0.465 e. The number of rotatable bonds is 3. The lowest BCUT2D eigenvalue weighted by Gasteiger charge is -1.98. The Morgan fingerprint density at radius 2 is 2.28 bits per heavy atom. The molecule has 1 heterocycles. The Kier molecular flexibility index (Phi) is 2.55. The van der Waals surface area contributed by atoms with Crippen LogP contribution in [0.1, 0.15) is 12.8 Å². The van der Waals surface area contributed by atoms with Crippen molar-refractivity contribution >= 4 is 33.9 Å². The van der Waals surface area contributed by atoms with E-state index in [-0.39, 0.29) is 11.2 Å². The molecule has 94 valence electrons. The fraction of sp³-hybridized carbons (Fsp3) is 0.273. The van der Waals surface area contributed by atoms with E-state index in [1.54, 1.807) is 18.2 Å². The highest BCUT2D eigenvalue weighted by molar-refractivity contribution is 7.86. The molecule has 1 unspecified atom stereocenters. The normalized spacial score (nSPS) is 16.7. The van der Waals surface area contributed by atoms with Crippen molar-refractivity contribution in [1.82, 2.24) is 9.97 Å². The molecule has 1 fully saturated rings. The van der Waals surface area contributed by atoms with Gasteiger partial charge in [0.2, 0.25) is 5.95 Å². The van der Waals surface area contributed by atoms with E-state index in [0.717, 1.165) is 17.7 Å². The molecule has 1 amide bonds. The summed E-state index contributed by atoms with van der Waals surface area (Å²) in [5.74, 6) is 0.173. The summed E-state index contributed by atoms with van der Waals surface area (Å²) >= 11 is 0. The number of H-pyrrole nitrogens is 1. The molecule has 3 rings (SSSR count). The first-order valence-electron chi connectivity index (χ1n) is 5.54. The van der Waals surface area contributed by atoms with Crippen molar-refractivity contribution < 1.29 is 14.1 Å². The molecule has 0 radical (unpaired) electrons. The third kappa shape index (κ3) is 2.08. The summed E-state index contributed by atoms with van der Waals surface area (Å²) in [6, 6.07) is 5.29. The second kappa shape index (κ2) is 4.09. The van der Waals surface area contributed by atoms with Crippen LogP contribution in [0.2, 0.25) is 0 Å². The zero-order chi connectivity index (χ0) is 12.7. The van der Waals surface area contributed by atoms with Gasteiger partial charge in [-0.3, -0.25) is 9.53 Å². The third-order valence-corrected chi connectivity index (χ3v) is 4.53. The number of amides is 1. The zero-order valence-electron chi connectivity index (χ0n) is 9.34. The molecule has 1 aliphatic rings. The molecule has 0 bridgehead atoms. The van der Waals surface area contributed by atoms with Crippen molar-refractivity contribution in [2.24, 2.45) is 0 Å². The number of nitrogens with zero attached hydrogens (tertiary/aromatic N) is 1. The SMILES string of the molecule is O=C(O)Nc1nc2ccc(S(=O)C3CC3)cc2[nH]1. The van der Waals surface area contributed by atoms with Gasteiger partial charge in [-0.25, -0.2) is 9.78 Å². The smallest absolute Gasteiger partial charge is 0.411 e. The minimum absolute atomic E-state index is 0.173. The highest BCUT2D eigenvalue weighted by Gasteiger charge is 2.29. The summed E-state index contributed by atoms with van der Waals surface area (Å²) in [5.41, 5.74) is 1.33. The minimum atomic E-state index is -1.17. The zero-order valence-corrected chi connectivity index (χ0v) is 10.2. The van der Waals surface area contributed by atoms with Crippen molar-refractivity contribution in [2.75, 3.05) is 5.32 Å². The van der Waals surface area contributed by atoms with E-state index >= 15 is 0 Å². The molecule has 1 aromatic carbocycles. The number of hydrogen-bond donors (Lipinski definition) is 3. The Morgan fingerprint density at radius 3 is 2.94 bits per heavy atom. The third-order valence-electron chi connectivity index (χ3n) is 2.74. The maximum Gasteiger partial charge on any atom is 0.411 e. The first-order valence-corrected chi connectivity index (χ1v) is 6.75. The molecular formula is C11H11N3O3S. The molecule has 18 heavy (non-hydrogen) atoms. The number of fused-ring (bicyclic) bond motifs is 1. The molecule has 2 aromatic rings. The molecule has 1 saturated carbocycles. The number of aromatic amines is 1. The molecule has 1 aromatic heterocycles. The molecule has 0 spiro atoms. The van der Waals surface area contributed by atoms with Crippen LogP contribution in [-0.4, -0.2) is 30.6 Å². The van der Waals surface area contributed by atoms with E-state index in [1.807, 2.05) is 0 Å². The van der Waals surface area contributed by atoms with Gasteiger partial charge < -0.3 is 10.1 Å². The highest BCUT2D eigenvalue weighted by atomic mass is 32.2. The van der Waals surface area contributed by atoms with Crippen LogP contribution < -0.4 is 5.32 Å². The van der Waals surface area contributed by atoms with Gasteiger partial charge >= 0.3 is 6.09 Å². The standard InChI is InChI=1S/C11H11N3O3S/c15-11(16)14-10-12-8-4-3-7(5-9(8)13-10)18(17)6-1-2-6/h3-6H,1-2H2,(H,15,16)(H2,12,13,14). The van der Waals surface area contributed by atoms with E-state index in [9.17, 15) is 9.00 Å². The number of carboxylic acid groups (broad SMARTS) is 1. The maximum absolute atomic E-state index is 12.0. The van der Waals surface area contributed by atoms with Crippen LogP contribution >= 0.6 is 0 Å². The van der Waals surface area contributed by atoms with Gasteiger partial charge in [-0.1, -0.05) is 0 Å². The van der Waals surface area contributed by atoms with E-state index in [4.69, 9.17) is 5.11 Å². The maximum atomic E-state index is 12.0. The van der Waals surface area contributed by atoms with Gasteiger partial charge in [0.1, 0.15) is 0 Å². The van der Waals surface area contributed by atoms with Crippen molar-refractivity contribution in [3.8, 4) is 0 Å². The Balaban J connectivity index is 1.95. The molecule has 0 saturated heterocycles. The number of hydrogen-bond acceptors (Lipinski definition) is 3. The number of carbonyl (C=O) groups is 1. The van der Waals surface area contributed by atoms with Gasteiger partial charge in [0.05, 0.1) is 21.8 Å². The molecule has 1 atom stereocenters. The van der Waals surface area contributed by atoms with Crippen LogP contribution in [0.25, 0.3) is 11.0 Å². The number of benzene rings is 1. The van der Waals surface area contributed by atoms with Crippen molar-refractivity contribution in [3.05, 3.63) is 18.2 Å². The van der Waals surface area contributed by atoms with Crippen LogP contribution in [0.15, 0.2) is 23.1 Å². The quantitative estimate of drug-likeness (QED) is 0.790. The molecule has 7 heteroatoms. The van der Waals surface area contributed by atoms with Crippen molar-refractivity contribution in [1.29, 1.82) is 0 Å². The van der Waals surface area contributed by atoms with Gasteiger partial charge in [-0.05, 0) is 31.0 Å². The van der Waals surface area contributed by atoms with Gasteiger partial charge in [0.25, 0.3) is 0 Å². The average Bonchev–Trinajstić information content (AvgIpc) is 3.08. The fourth-order valence-electron chi connectivity index (χ4n) is 1.75. The Bertz CT molecular complexity index is 648. The largest absolute Gasteiger partial charge is 0.465 e. The Hall–Kier alpha value is -1.89. The van der Waals surface area contributed by atoms with Gasteiger partial charge in [-0.2, -0.15) is 0 Å². The molecule has 6 nitrogen and oxygen atoms in total. The first-order chi connectivity index (χ1) is 8.63. The van der Waals surface area contributed by atoms with Crippen LogP contribution in [0, 0.1) is 0 Å². The van der Waals surface area contributed by atoms with E-state index in [2.05, 4.69) is 15.3 Å². The Morgan fingerprint density at radius 1 is 1.50 bits per heavy atom. The van der Waals surface area contributed by atoms with Crippen LogP contribution in [0.5, 0.6) is 0 Å². The van der Waals surface area contributed by atoms with Crippen LogP contribution in [-0.2, 0) is 10.8 Å². The summed E-state index contributed by atoms with van der Waals surface area (Å²) in [4.78, 5) is 18.2. The van der Waals surface area contributed by atoms with Crippen molar-refractivity contribution in [2.45, 2.75) is 23.0 Å². The molecule has 0 aliphatic heterocycles. The summed E-state index contributed by atoms with van der Waals surface area (Å²) in [6.07, 6.45) is 0.856. The van der Waals surface area contributed by atoms with Crippen LogP contribution in [0.3, 0.4) is 0 Å². The average molecular weight is 265 g/mol. The lowest BCUT2D eigenvalue weighted by atomic mass is 10.3. The molecular weight excluding hydrogens is 254 g/mol. The van der Waals surface area contributed by atoms with E-state index in [1.165, 1.54) is 0 Å². The predicted octanol–water partition coefficient (Wildman–Crippen LogP) is 1.92.